The maximum absolute atomic E-state index is 12.6. The summed E-state index contributed by atoms with van der Waals surface area (Å²) in [6.45, 7) is 3.50. The number of rotatable bonds is 2. The molecule has 3 rings (SSSR count). The van der Waals surface area contributed by atoms with Crippen LogP contribution < -0.4 is 10.4 Å². The zero-order valence-electron chi connectivity index (χ0n) is 12.8. The summed E-state index contributed by atoms with van der Waals surface area (Å²) in [7, 11) is 1.52. The van der Waals surface area contributed by atoms with Crippen molar-refractivity contribution in [3.63, 3.8) is 0 Å². The first-order valence-corrected chi connectivity index (χ1v) is 7.50. The van der Waals surface area contributed by atoms with Crippen molar-refractivity contribution in [2.45, 2.75) is 19.8 Å². The number of amides is 1. The third-order valence-corrected chi connectivity index (χ3v) is 4.12. The van der Waals surface area contributed by atoms with Crippen LogP contribution in [-0.4, -0.2) is 31.0 Å². The number of carbonyl (C=O) groups excluding carboxylic acids is 1. The van der Waals surface area contributed by atoms with Crippen molar-refractivity contribution in [3.8, 4) is 5.75 Å². The second kappa shape index (κ2) is 5.83. The molecule has 1 unspecified atom stereocenters. The summed E-state index contributed by atoms with van der Waals surface area (Å²) in [5, 5.41) is 0.687. The Hall–Kier alpha value is -2.30. The van der Waals surface area contributed by atoms with Gasteiger partial charge in [-0.1, -0.05) is 19.1 Å². The molecule has 0 N–H and O–H groups in total. The Morgan fingerprint density at radius 1 is 1.41 bits per heavy atom. The van der Waals surface area contributed by atoms with Crippen molar-refractivity contribution in [1.82, 2.24) is 4.90 Å². The third-order valence-electron chi connectivity index (χ3n) is 4.12. The zero-order valence-corrected chi connectivity index (χ0v) is 12.8. The minimum absolute atomic E-state index is 0.0925. The summed E-state index contributed by atoms with van der Waals surface area (Å²) >= 11 is 0. The maximum Gasteiger partial charge on any atom is 0.349 e. The fraction of sp³-hybridized carbons (Fsp3) is 0.412. The maximum atomic E-state index is 12.6. The lowest BCUT2D eigenvalue weighted by molar-refractivity contribution is 0.0679. The van der Waals surface area contributed by atoms with Crippen molar-refractivity contribution in [2.24, 2.45) is 5.92 Å². The lowest BCUT2D eigenvalue weighted by Gasteiger charge is -2.30. The van der Waals surface area contributed by atoms with Crippen LogP contribution in [0.4, 0.5) is 0 Å². The molecule has 0 radical (unpaired) electrons. The van der Waals surface area contributed by atoms with E-state index in [-0.39, 0.29) is 11.5 Å². The summed E-state index contributed by atoms with van der Waals surface area (Å²) in [6, 6.07) is 6.93. The molecule has 1 atom stereocenters. The van der Waals surface area contributed by atoms with Crippen LogP contribution in [0.1, 0.15) is 30.1 Å². The van der Waals surface area contributed by atoms with Gasteiger partial charge < -0.3 is 14.1 Å². The highest BCUT2D eigenvalue weighted by atomic mass is 16.5. The fourth-order valence-corrected chi connectivity index (χ4v) is 2.97. The van der Waals surface area contributed by atoms with Gasteiger partial charge >= 0.3 is 5.63 Å². The van der Waals surface area contributed by atoms with E-state index in [0.717, 1.165) is 12.8 Å². The van der Waals surface area contributed by atoms with Crippen LogP contribution >= 0.6 is 0 Å². The number of para-hydroxylation sites is 1. The molecule has 5 nitrogen and oxygen atoms in total. The topological polar surface area (TPSA) is 59.8 Å². The van der Waals surface area contributed by atoms with E-state index in [0.29, 0.717) is 35.7 Å². The van der Waals surface area contributed by atoms with Gasteiger partial charge in [0.2, 0.25) is 0 Å². The third kappa shape index (κ3) is 2.58. The highest BCUT2D eigenvalue weighted by Gasteiger charge is 2.25. The van der Waals surface area contributed by atoms with E-state index in [1.807, 2.05) is 0 Å². The van der Waals surface area contributed by atoms with Crippen molar-refractivity contribution < 1.29 is 13.9 Å². The number of benzene rings is 1. The Balaban J connectivity index is 2.02. The van der Waals surface area contributed by atoms with Gasteiger partial charge in [-0.05, 0) is 30.9 Å². The molecule has 0 aliphatic carbocycles. The van der Waals surface area contributed by atoms with Gasteiger partial charge in [0.15, 0.2) is 11.3 Å². The molecule has 0 saturated carbocycles. The van der Waals surface area contributed by atoms with Gasteiger partial charge in [-0.15, -0.1) is 0 Å². The van der Waals surface area contributed by atoms with Gasteiger partial charge in [0.1, 0.15) is 5.56 Å². The molecule has 1 saturated heterocycles. The molecule has 1 amide bonds. The molecule has 2 heterocycles. The number of methoxy groups -OCH3 is 1. The Morgan fingerprint density at radius 2 is 2.23 bits per heavy atom. The standard InChI is InChI=1S/C17H19NO4/c1-11-5-4-8-18(10-11)16(19)13-9-12-6-3-7-14(21-2)15(12)22-17(13)20/h3,6-7,9,11H,4-5,8,10H2,1-2H3. The molecular formula is C17H19NO4. The summed E-state index contributed by atoms with van der Waals surface area (Å²) in [4.78, 5) is 26.5. The smallest absolute Gasteiger partial charge is 0.349 e. The summed E-state index contributed by atoms with van der Waals surface area (Å²) in [5.41, 5.74) is -0.145. The highest BCUT2D eigenvalue weighted by molar-refractivity contribution is 5.97. The number of ether oxygens (including phenoxy) is 1. The molecule has 116 valence electrons. The SMILES string of the molecule is COc1cccc2cc(C(=O)N3CCCC(C)C3)c(=O)oc12. The predicted octanol–water partition coefficient (Wildman–Crippen LogP) is 2.67. The monoisotopic (exact) mass is 301 g/mol. The summed E-state index contributed by atoms with van der Waals surface area (Å²) in [6.07, 6.45) is 2.09. The van der Waals surface area contributed by atoms with Crippen molar-refractivity contribution in [1.29, 1.82) is 0 Å². The van der Waals surface area contributed by atoms with Crippen molar-refractivity contribution in [2.75, 3.05) is 20.2 Å². The van der Waals surface area contributed by atoms with Gasteiger partial charge in [-0.25, -0.2) is 4.79 Å². The van der Waals surface area contributed by atoms with E-state index in [1.54, 1.807) is 29.2 Å². The second-order valence-electron chi connectivity index (χ2n) is 5.82. The largest absolute Gasteiger partial charge is 0.493 e. The van der Waals surface area contributed by atoms with E-state index in [1.165, 1.54) is 7.11 Å². The zero-order chi connectivity index (χ0) is 15.7. The fourth-order valence-electron chi connectivity index (χ4n) is 2.97. The Labute approximate surface area is 128 Å². The average Bonchev–Trinajstić information content (AvgIpc) is 2.53. The summed E-state index contributed by atoms with van der Waals surface area (Å²) < 4.78 is 10.5. The van der Waals surface area contributed by atoms with Gasteiger partial charge in [0.05, 0.1) is 7.11 Å². The summed E-state index contributed by atoms with van der Waals surface area (Å²) in [5.74, 6) is 0.704. The van der Waals surface area contributed by atoms with Crippen LogP contribution in [-0.2, 0) is 0 Å². The van der Waals surface area contributed by atoms with Gasteiger partial charge in [-0.2, -0.15) is 0 Å². The second-order valence-corrected chi connectivity index (χ2v) is 5.82. The number of carbonyl (C=O) groups is 1. The van der Waals surface area contributed by atoms with Crippen LogP contribution in [0.25, 0.3) is 11.0 Å². The van der Waals surface area contributed by atoms with E-state index >= 15 is 0 Å². The van der Waals surface area contributed by atoms with Crippen molar-refractivity contribution in [3.05, 3.63) is 40.2 Å². The van der Waals surface area contributed by atoms with Gasteiger partial charge in [0, 0.05) is 18.5 Å². The van der Waals surface area contributed by atoms with E-state index in [9.17, 15) is 9.59 Å². The number of piperidine rings is 1. The number of nitrogens with zero attached hydrogens (tertiary/aromatic N) is 1. The van der Waals surface area contributed by atoms with Crippen LogP contribution in [0.2, 0.25) is 0 Å². The van der Waals surface area contributed by atoms with Gasteiger partial charge in [0.25, 0.3) is 5.91 Å². The number of fused-ring (bicyclic) bond motifs is 1. The van der Waals surface area contributed by atoms with E-state index < -0.39 is 5.63 Å². The molecule has 22 heavy (non-hydrogen) atoms. The predicted molar refractivity (Wildman–Crippen MR) is 83.3 cm³/mol. The molecule has 1 fully saturated rings. The molecule has 1 aliphatic rings. The van der Waals surface area contributed by atoms with Crippen LogP contribution in [0.3, 0.4) is 0 Å². The minimum Gasteiger partial charge on any atom is -0.493 e. The Morgan fingerprint density at radius 3 is 2.95 bits per heavy atom. The number of likely N-dealkylation sites (tertiary alicyclic amines) is 1. The highest BCUT2D eigenvalue weighted by Crippen LogP contribution is 2.25. The van der Waals surface area contributed by atoms with E-state index in [4.69, 9.17) is 9.15 Å². The van der Waals surface area contributed by atoms with Crippen molar-refractivity contribution >= 4 is 16.9 Å². The molecule has 1 aliphatic heterocycles. The Bertz CT molecular complexity index is 765. The van der Waals surface area contributed by atoms with Crippen LogP contribution in [0, 0.1) is 5.92 Å². The molecule has 5 heteroatoms. The lowest BCUT2D eigenvalue weighted by Crippen LogP contribution is -2.40. The van der Waals surface area contributed by atoms with Crippen LogP contribution in [0.5, 0.6) is 5.75 Å². The first-order chi connectivity index (χ1) is 10.6. The minimum atomic E-state index is -0.611. The quantitative estimate of drug-likeness (QED) is 0.800. The molecule has 0 spiro atoms. The Kier molecular flexibility index (Phi) is 3.88. The number of hydrogen-bond donors (Lipinski definition) is 0. The average molecular weight is 301 g/mol. The molecule has 2 aromatic rings. The number of hydrogen-bond acceptors (Lipinski definition) is 4. The molecule has 0 bridgehead atoms. The first kappa shape index (κ1) is 14.6. The van der Waals surface area contributed by atoms with E-state index in [2.05, 4.69) is 6.92 Å². The van der Waals surface area contributed by atoms with Gasteiger partial charge in [-0.3, -0.25) is 4.79 Å². The molecule has 1 aromatic heterocycles. The molecular weight excluding hydrogens is 282 g/mol. The lowest BCUT2D eigenvalue weighted by atomic mass is 9.99. The molecule has 1 aromatic carbocycles. The first-order valence-electron chi connectivity index (χ1n) is 7.50. The normalized spacial score (nSPS) is 18.5. The van der Waals surface area contributed by atoms with Crippen LogP contribution in [0.15, 0.2) is 33.5 Å².